The van der Waals surface area contributed by atoms with Crippen molar-refractivity contribution in [1.29, 1.82) is 0 Å². The van der Waals surface area contributed by atoms with Crippen molar-refractivity contribution < 1.29 is 4.79 Å². The first-order valence-corrected chi connectivity index (χ1v) is 10.3. The summed E-state index contributed by atoms with van der Waals surface area (Å²) in [4.78, 5) is 16.8. The van der Waals surface area contributed by atoms with Crippen LogP contribution in [0.3, 0.4) is 0 Å². The monoisotopic (exact) mass is 388 g/mol. The Morgan fingerprint density at radius 2 is 1.86 bits per heavy atom. The molecular weight excluding hydrogens is 368 g/mol. The minimum atomic E-state index is -0.379. The number of benzene rings is 2. The Morgan fingerprint density at radius 1 is 1.11 bits per heavy atom. The third-order valence-electron chi connectivity index (χ3n) is 5.23. The third-order valence-corrected chi connectivity index (χ3v) is 6.52. The van der Waals surface area contributed by atoms with Crippen LogP contribution in [-0.2, 0) is 7.05 Å². The number of nitrogens with one attached hydrogen (secondary N) is 1. The molecule has 1 saturated carbocycles. The van der Waals surface area contributed by atoms with Gasteiger partial charge in [0.05, 0.1) is 0 Å². The van der Waals surface area contributed by atoms with Gasteiger partial charge in [-0.25, -0.2) is 0 Å². The average Bonchev–Trinajstić information content (AvgIpc) is 3.38. The van der Waals surface area contributed by atoms with Crippen LogP contribution in [0.1, 0.15) is 45.8 Å². The molecule has 2 aromatic carbocycles. The van der Waals surface area contributed by atoms with Crippen molar-refractivity contribution in [2.45, 2.75) is 29.2 Å². The number of aromatic amines is 1. The molecule has 0 spiro atoms. The van der Waals surface area contributed by atoms with E-state index in [4.69, 9.17) is 0 Å². The van der Waals surface area contributed by atoms with Crippen LogP contribution in [-0.4, -0.2) is 25.5 Å². The summed E-state index contributed by atoms with van der Waals surface area (Å²) in [7, 11) is 1.99. The van der Waals surface area contributed by atoms with Crippen molar-refractivity contribution in [2.24, 2.45) is 7.05 Å². The van der Waals surface area contributed by atoms with Crippen molar-refractivity contribution in [3.05, 3.63) is 77.7 Å². The van der Waals surface area contributed by atoms with Gasteiger partial charge < -0.3 is 9.55 Å². The van der Waals surface area contributed by atoms with Gasteiger partial charge in [0, 0.05) is 35.6 Å². The van der Waals surface area contributed by atoms with Crippen molar-refractivity contribution >= 4 is 28.4 Å². The predicted octanol–water partition coefficient (Wildman–Crippen LogP) is 4.89. The van der Waals surface area contributed by atoms with Gasteiger partial charge in [-0.2, -0.15) is 0 Å². The average molecular weight is 388 g/mol. The number of thioether (sulfide) groups is 1. The molecule has 1 unspecified atom stereocenters. The largest absolute Gasteiger partial charge is 0.360 e. The smallest absolute Gasteiger partial charge is 0.192 e. The summed E-state index contributed by atoms with van der Waals surface area (Å²) < 4.78 is 2.04. The normalized spacial score (nSPS) is 15.0. The first-order valence-electron chi connectivity index (χ1n) is 9.43. The van der Waals surface area contributed by atoms with Gasteiger partial charge in [-0.15, -0.1) is 10.2 Å². The van der Waals surface area contributed by atoms with Gasteiger partial charge in [-0.3, -0.25) is 4.79 Å². The number of nitrogens with zero attached hydrogens (tertiary/aromatic N) is 3. The molecule has 0 aliphatic heterocycles. The number of H-pyrrole nitrogens is 1. The van der Waals surface area contributed by atoms with Crippen LogP contribution in [0.25, 0.3) is 10.9 Å². The number of Topliss-reactive ketones (excluding diaryl/α,β-unsaturated/α-hetero) is 1. The van der Waals surface area contributed by atoms with Crippen LogP contribution >= 0.6 is 11.8 Å². The minimum Gasteiger partial charge on any atom is -0.360 e. The Hall–Kier alpha value is -2.86. The number of hydrogen-bond donors (Lipinski definition) is 1. The molecule has 1 fully saturated rings. The molecule has 0 saturated heterocycles. The first kappa shape index (κ1) is 17.3. The summed E-state index contributed by atoms with van der Waals surface area (Å²) in [6, 6.07) is 17.8. The summed E-state index contributed by atoms with van der Waals surface area (Å²) in [6.45, 7) is 0. The summed E-state index contributed by atoms with van der Waals surface area (Å²) in [5.74, 6) is 1.62. The Morgan fingerprint density at radius 3 is 2.64 bits per heavy atom. The molecule has 2 heterocycles. The van der Waals surface area contributed by atoms with E-state index in [0.717, 1.165) is 27.4 Å². The fourth-order valence-corrected chi connectivity index (χ4v) is 4.63. The fraction of sp³-hybridized carbons (Fsp3) is 0.227. The lowest BCUT2D eigenvalue weighted by Crippen LogP contribution is -2.11. The molecule has 1 aliphatic rings. The first-order chi connectivity index (χ1) is 13.7. The molecule has 140 valence electrons. The van der Waals surface area contributed by atoms with Gasteiger partial charge in [0.1, 0.15) is 11.1 Å². The molecule has 1 aliphatic carbocycles. The Labute approximate surface area is 167 Å². The molecule has 1 N–H and O–H groups in total. The second-order valence-electron chi connectivity index (χ2n) is 7.19. The molecule has 0 amide bonds. The zero-order valence-electron chi connectivity index (χ0n) is 15.5. The number of para-hydroxylation sites is 1. The lowest BCUT2D eigenvalue weighted by Gasteiger charge is -2.15. The standard InChI is InChI=1S/C22H20N4OS/c1-26-21(15-11-12-15)24-25-22(26)28-20(14-7-3-2-4-8-14)19(27)17-13-23-18-10-6-5-9-16(17)18/h2-10,13,15,20,23H,11-12H2,1H3. The Bertz CT molecular complexity index is 1140. The summed E-state index contributed by atoms with van der Waals surface area (Å²) >= 11 is 1.48. The van der Waals surface area contributed by atoms with Crippen LogP contribution in [0.5, 0.6) is 0 Å². The van der Waals surface area contributed by atoms with E-state index < -0.39 is 0 Å². The van der Waals surface area contributed by atoms with Crippen LogP contribution in [0.15, 0.2) is 66.0 Å². The van der Waals surface area contributed by atoms with Crippen LogP contribution in [0.2, 0.25) is 0 Å². The molecule has 5 rings (SSSR count). The maximum absolute atomic E-state index is 13.6. The number of aromatic nitrogens is 4. The zero-order chi connectivity index (χ0) is 19.1. The van der Waals surface area contributed by atoms with Gasteiger partial charge >= 0.3 is 0 Å². The second kappa shape index (κ2) is 6.95. The fourth-order valence-electron chi connectivity index (χ4n) is 3.55. The number of fused-ring (bicyclic) bond motifs is 1. The number of carbonyl (C=O) groups excluding carboxylic acids is 1. The molecular formula is C22H20N4OS. The Balaban J connectivity index is 1.54. The zero-order valence-corrected chi connectivity index (χ0v) is 16.3. The molecule has 2 aromatic heterocycles. The van der Waals surface area contributed by atoms with Crippen molar-refractivity contribution in [3.63, 3.8) is 0 Å². The van der Waals surface area contributed by atoms with Crippen molar-refractivity contribution in [3.8, 4) is 0 Å². The topological polar surface area (TPSA) is 63.6 Å². The van der Waals surface area contributed by atoms with E-state index in [-0.39, 0.29) is 11.0 Å². The molecule has 4 aromatic rings. The summed E-state index contributed by atoms with van der Waals surface area (Å²) in [5, 5.41) is 10.1. The molecule has 0 bridgehead atoms. The maximum atomic E-state index is 13.6. The van der Waals surface area contributed by atoms with E-state index >= 15 is 0 Å². The lowest BCUT2D eigenvalue weighted by molar-refractivity contribution is 0.0991. The molecule has 28 heavy (non-hydrogen) atoms. The number of rotatable bonds is 6. The van der Waals surface area contributed by atoms with Crippen LogP contribution < -0.4 is 0 Å². The van der Waals surface area contributed by atoms with Gasteiger partial charge in [0.2, 0.25) is 0 Å². The van der Waals surface area contributed by atoms with Crippen molar-refractivity contribution in [2.75, 3.05) is 0 Å². The highest BCUT2D eigenvalue weighted by atomic mass is 32.2. The number of ketones is 1. The third kappa shape index (κ3) is 3.03. The molecule has 0 radical (unpaired) electrons. The highest BCUT2D eigenvalue weighted by Gasteiger charge is 2.32. The van der Waals surface area contributed by atoms with Crippen molar-refractivity contribution in [1.82, 2.24) is 19.7 Å². The van der Waals surface area contributed by atoms with Gasteiger partial charge in [-0.05, 0) is 24.5 Å². The predicted molar refractivity (Wildman–Crippen MR) is 111 cm³/mol. The van der Waals surface area contributed by atoms with E-state index in [9.17, 15) is 4.79 Å². The lowest BCUT2D eigenvalue weighted by atomic mass is 10.0. The maximum Gasteiger partial charge on any atom is 0.192 e. The highest BCUT2D eigenvalue weighted by Crippen LogP contribution is 2.42. The van der Waals surface area contributed by atoms with E-state index in [1.165, 1.54) is 24.6 Å². The van der Waals surface area contributed by atoms with Gasteiger partial charge in [-0.1, -0.05) is 60.3 Å². The van der Waals surface area contributed by atoms with E-state index in [2.05, 4.69) is 15.2 Å². The second-order valence-corrected chi connectivity index (χ2v) is 8.27. The summed E-state index contributed by atoms with van der Waals surface area (Å²) in [5.41, 5.74) is 2.65. The highest BCUT2D eigenvalue weighted by molar-refractivity contribution is 8.00. The van der Waals surface area contributed by atoms with E-state index in [1.807, 2.05) is 72.4 Å². The number of carbonyl (C=O) groups is 1. The van der Waals surface area contributed by atoms with Crippen LogP contribution in [0.4, 0.5) is 0 Å². The molecule has 6 heteroatoms. The van der Waals surface area contributed by atoms with E-state index in [0.29, 0.717) is 11.5 Å². The number of hydrogen-bond acceptors (Lipinski definition) is 4. The Kier molecular flexibility index (Phi) is 4.28. The van der Waals surface area contributed by atoms with Gasteiger partial charge in [0.15, 0.2) is 10.9 Å². The van der Waals surface area contributed by atoms with E-state index in [1.54, 1.807) is 0 Å². The molecule has 5 nitrogen and oxygen atoms in total. The quantitative estimate of drug-likeness (QED) is 0.377. The van der Waals surface area contributed by atoms with Gasteiger partial charge in [0.25, 0.3) is 0 Å². The summed E-state index contributed by atoms with van der Waals surface area (Å²) in [6.07, 6.45) is 4.16. The molecule has 1 atom stereocenters. The van der Waals surface area contributed by atoms with Crippen LogP contribution in [0, 0.1) is 0 Å². The minimum absolute atomic E-state index is 0.0737. The SMILES string of the molecule is Cn1c(SC(C(=O)c2c[nH]c3ccccc23)c2ccccc2)nnc1C1CC1.